The van der Waals surface area contributed by atoms with Crippen molar-refractivity contribution in [2.24, 2.45) is 5.41 Å². The van der Waals surface area contributed by atoms with Gasteiger partial charge in [0.05, 0.1) is 12.7 Å². The van der Waals surface area contributed by atoms with Crippen molar-refractivity contribution in [1.29, 1.82) is 0 Å². The third-order valence-electron chi connectivity index (χ3n) is 2.25. The summed E-state index contributed by atoms with van der Waals surface area (Å²) in [5.74, 6) is 0. The van der Waals surface area contributed by atoms with E-state index in [1.54, 1.807) is 20.8 Å². The van der Waals surface area contributed by atoms with E-state index in [-0.39, 0.29) is 6.61 Å². The Kier molecular flexibility index (Phi) is 6.22. The summed E-state index contributed by atoms with van der Waals surface area (Å²) in [6.07, 6.45) is -0.823. The predicted molar refractivity (Wildman–Crippen MR) is 71.8 cm³/mol. The Morgan fingerprint density at radius 3 is 1.94 bits per heavy atom. The van der Waals surface area contributed by atoms with Gasteiger partial charge >= 0.3 is 7.60 Å². The molecule has 0 rings (SSSR count). The molecule has 6 nitrogen and oxygen atoms in total. The van der Waals surface area contributed by atoms with E-state index in [0.717, 1.165) is 0 Å². The van der Waals surface area contributed by atoms with Crippen LogP contribution in [0.1, 0.15) is 27.7 Å². The molecule has 18 heavy (non-hydrogen) atoms. The van der Waals surface area contributed by atoms with Crippen LogP contribution >= 0.6 is 7.60 Å². The average Bonchev–Trinajstić information content (AvgIpc) is 2.06. The largest absolute Gasteiger partial charge is 0.391 e. The fourth-order valence-electron chi connectivity index (χ4n) is 1.57. The topological polar surface area (TPSA) is 96.2 Å². The van der Waals surface area contributed by atoms with Crippen LogP contribution in [0.3, 0.4) is 0 Å². The van der Waals surface area contributed by atoms with Crippen molar-refractivity contribution >= 4 is 16.6 Å². The van der Waals surface area contributed by atoms with Crippen molar-refractivity contribution < 1.29 is 28.6 Å². The summed E-state index contributed by atoms with van der Waals surface area (Å²) in [4.78, 5) is 19.3. The van der Waals surface area contributed by atoms with E-state index in [1.165, 1.54) is 6.92 Å². The van der Waals surface area contributed by atoms with Gasteiger partial charge in [-0.1, -0.05) is 20.8 Å². The normalized spacial score (nSPS) is 18.8. The third-order valence-corrected chi connectivity index (χ3v) is 4.92. The first-order chi connectivity index (χ1) is 7.83. The minimum atomic E-state index is -4.66. The Morgan fingerprint density at radius 2 is 1.72 bits per heavy atom. The van der Waals surface area contributed by atoms with Gasteiger partial charge in [-0.15, -0.1) is 0 Å². The summed E-state index contributed by atoms with van der Waals surface area (Å²) < 4.78 is 22.7. The summed E-state index contributed by atoms with van der Waals surface area (Å²) in [6, 6.07) is 0. The Labute approximate surface area is 110 Å². The van der Waals surface area contributed by atoms with Gasteiger partial charge in [-0.3, -0.25) is 4.57 Å². The van der Waals surface area contributed by atoms with Gasteiger partial charge in [0.2, 0.25) is 0 Å². The van der Waals surface area contributed by atoms with Crippen molar-refractivity contribution in [3.05, 3.63) is 0 Å². The molecular weight excluding hydrogens is 275 g/mol. The highest BCUT2D eigenvalue weighted by atomic mass is 31.2. The molecule has 0 saturated heterocycles. The van der Waals surface area contributed by atoms with Crippen LogP contribution in [-0.2, 0) is 13.7 Å². The van der Waals surface area contributed by atoms with Crippen LogP contribution in [0.5, 0.6) is 0 Å². The summed E-state index contributed by atoms with van der Waals surface area (Å²) in [5, 5.41) is 9.26. The molecule has 0 heterocycles. The number of hydrogen-bond acceptors (Lipinski definition) is 4. The first-order valence-electron chi connectivity index (χ1n) is 5.89. The number of ether oxygens (including phenoxy) is 1. The number of aliphatic hydroxyl groups excluding tert-OH is 1. The fourth-order valence-corrected chi connectivity index (χ4v) is 4.93. The maximum Gasteiger partial charge on any atom is 0.384 e. The molecule has 0 aromatic heterocycles. The lowest BCUT2D eigenvalue weighted by molar-refractivity contribution is -0.205. The molecule has 0 amide bonds. The highest BCUT2D eigenvalue weighted by Gasteiger charge is 2.58. The maximum atomic E-state index is 11.8. The van der Waals surface area contributed by atoms with E-state index in [9.17, 15) is 19.5 Å². The lowest BCUT2D eigenvalue weighted by Crippen LogP contribution is -2.50. The number of rotatable bonds is 6. The maximum absolute atomic E-state index is 11.8. The quantitative estimate of drug-likeness (QED) is 0.388. The molecule has 0 spiro atoms. The van der Waals surface area contributed by atoms with E-state index in [4.69, 9.17) is 9.16 Å². The Bertz CT molecular complexity index is 308. The van der Waals surface area contributed by atoms with Crippen molar-refractivity contribution in [3.63, 3.8) is 0 Å². The van der Waals surface area contributed by atoms with Crippen LogP contribution < -0.4 is 0 Å². The summed E-state index contributed by atoms with van der Waals surface area (Å²) in [5.41, 5.74) is -2.92. The lowest BCUT2D eigenvalue weighted by atomic mass is 9.95. The number of hydrogen-bond donors (Lipinski definition) is 3. The van der Waals surface area contributed by atoms with Crippen molar-refractivity contribution in [2.75, 3.05) is 6.61 Å². The zero-order chi connectivity index (χ0) is 14.8. The van der Waals surface area contributed by atoms with Gasteiger partial charge < -0.3 is 24.1 Å². The van der Waals surface area contributed by atoms with Gasteiger partial charge in [-0.25, -0.2) is 0 Å². The Balaban J connectivity index is 5.50. The second-order valence-electron chi connectivity index (χ2n) is 5.70. The molecule has 3 N–H and O–H groups in total. The Morgan fingerprint density at radius 1 is 1.28 bits per heavy atom. The van der Waals surface area contributed by atoms with Crippen LogP contribution in [0.4, 0.5) is 0 Å². The van der Waals surface area contributed by atoms with Gasteiger partial charge in [-0.05, 0) is 20.0 Å². The lowest BCUT2D eigenvalue weighted by Gasteiger charge is -2.45. The number of aliphatic hydroxyl groups is 1. The highest BCUT2D eigenvalue weighted by Crippen LogP contribution is 2.60. The fraction of sp³-hybridized carbons (Fsp3) is 1.00. The van der Waals surface area contributed by atoms with Crippen LogP contribution in [0.15, 0.2) is 0 Å². The first kappa shape index (κ1) is 18.2. The second-order valence-corrected chi connectivity index (χ2v) is 9.71. The van der Waals surface area contributed by atoms with Crippen LogP contribution in [-0.4, -0.2) is 42.2 Å². The molecule has 110 valence electrons. The molecule has 0 aliphatic heterocycles. The summed E-state index contributed by atoms with van der Waals surface area (Å²) >= 11 is 0. The van der Waals surface area contributed by atoms with Crippen LogP contribution in [0.25, 0.3) is 0 Å². The van der Waals surface area contributed by atoms with Gasteiger partial charge in [0, 0.05) is 5.41 Å². The Hall–Kier alpha value is 0.247. The minimum absolute atomic E-state index is 0.191. The van der Waals surface area contributed by atoms with E-state index >= 15 is 0 Å². The molecule has 0 aliphatic rings. The monoisotopic (exact) mass is 300 g/mol. The average molecular weight is 300 g/mol. The second kappa shape index (κ2) is 6.13. The van der Waals surface area contributed by atoms with Crippen LogP contribution in [0.2, 0.25) is 13.1 Å². The van der Waals surface area contributed by atoms with Crippen molar-refractivity contribution in [3.8, 4) is 0 Å². The molecule has 2 atom stereocenters. The first-order valence-corrected chi connectivity index (χ1v) is 10.3. The van der Waals surface area contributed by atoms with E-state index in [0.29, 0.717) is 0 Å². The smallest absolute Gasteiger partial charge is 0.384 e. The van der Waals surface area contributed by atoms with E-state index in [1.807, 2.05) is 13.1 Å². The van der Waals surface area contributed by atoms with Crippen molar-refractivity contribution in [2.45, 2.75) is 52.4 Å². The molecule has 0 fully saturated rings. The minimum Gasteiger partial charge on any atom is -0.391 e. The van der Waals surface area contributed by atoms with Gasteiger partial charge in [0.1, 0.15) is 0 Å². The van der Waals surface area contributed by atoms with Gasteiger partial charge in [-0.2, -0.15) is 0 Å². The molecular formula is C10H25O6PSi. The van der Waals surface area contributed by atoms with E-state index < -0.39 is 33.7 Å². The van der Waals surface area contributed by atoms with Crippen LogP contribution in [0, 0.1) is 5.41 Å². The molecule has 0 aliphatic carbocycles. The molecule has 0 saturated carbocycles. The standard InChI is InChI=1S/C10H25O6PSi/c1-8(11)7-15-10(9(2,3)4,16-18(5)6)17(12,13)14/h8,11,18H,7H2,1-6H3,(H2,12,13,14). The molecule has 8 heteroatoms. The van der Waals surface area contributed by atoms with E-state index in [2.05, 4.69) is 0 Å². The SMILES string of the molecule is CC(O)COC(O[SiH](C)C)(C(C)(C)C)P(=O)(O)O. The molecule has 0 aromatic carbocycles. The zero-order valence-corrected chi connectivity index (χ0v) is 13.9. The zero-order valence-electron chi connectivity index (χ0n) is 11.9. The summed E-state index contributed by atoms with van der Waals surface area (Å²) in [7, 11) is -6.42. The third kappa shape index (κ3) is 4.42. The molecule has 0 bridgehead atoms. The predicted octanol–water partition coefficient (Wildman–Crippen LogP) is 1.26. The van der Waals surface area contributed by atoms with Gasteiger partial charge in [0.15, 0.2) is 9.04 Å². The van der Waals surface area contributed by atoms with Crippen molar-refractivity contribution in [1.82, 2.24) is 0 Å². The molecule has 0 aromatic rings. The summed E-state index contributed by atoms with van der Waals surface area (Å²) in [6.45, 7) is 9.84. The molecule has 0 radical (unpaired) electrons. The highest BCUT2D eigenvalue weighted by molar-refractivity contribution is 7.53. The van der Waals surface area contributed by atoms with Gasteiger partial charge in [0.25, 0.3) is 5.53 Å². The molecule has 2 unspecified atom stereocenters.